The molecular weight excluding hydrogens is 166 g/mol. The molecule has 1 aromatic heterocycles. The maximum absolute atomic E-state index is 5.32. The topological polar surface area (TPSA) is 47.0 Å². The Morgan fingerprint density at radius 1 is 1.62 bits per heavy atom. The molecule has 0 atom stereocenters. The fraction of sp³-hybridized carbons (Fsp3) is 0.556. The molecule has 2 heterocycles. The summed E-state index contributed by atoms with van der Waals surface area (Å²) in [5.74, 6) is 0.840. The third kappa shape index (κ3) is 1.84. The van der Waals surface area contributed by atoms with Gasteiger partial charge in [0.15, 0.2) is 0 Å². The highest BCUT2D eigenvalue weighted by atomic mass is 16.5. The van der Waals surface area contributed by atoms with Crippen molar-refractivity contribution in [3.05, 3.63) is 23.3 Å². The summed E-state index contributed by atoms with van der Waals surface area (Å²) in [6, 6.07) is 0. The highest BCUT2D eigenvalue weighted by molar-refractivity contribution is 5.18. The second-order valence-electron chi connectivity index (χ2n) is 3.09. The average molecular weight is 179 g/mol. The number of hydrogen-bond donors (Lipinski definition) is 1. The Labute approximate surface area is 77.4 Å². The van der Waals surface area contributed by atoms with Crippen LogP contribution >= 0.6 is 0 Å². The molecule has 1 N–H and O–H groups in total. The van der Waals surface area contributed by atoms with E-state index in [9.17, 15) is 0 Å². The van der Waals surface area contributed by atoms with Gasteiger partial charge in [-0.1, -0.05) is 0 Å². The molecule has 0 aromatic carbocycles. The number of aromatic nitrogens is 2. The van der Waals surface area contributed by atoms with E-state index in [4.69, 9.17) is 4.74 Å². The predicted molar refractivity (Wildman–Crippen MR) is 48.2 cm³/mol. The first-order valence-corrected chi connectivity index (χ1v) is 4.46. The van der Waals surface area contributed by atoms with Gasteiger partial charge in [0.25, 0.3) is 0 Å². The Kier molecular flexibility index (Phi) is 2.52. The van der Waals surface area contributed by atoms with E-state index in [0.29, 0.717) is 13.2 Å². The van der Waals surface area contributed by atoms with E-state index in [2.05, 4.69) is 15.3 Å². The molecule has 0 bridgehead atoms. The summed E-state index contributed by atoms with van der Waals surface area (Å²) >= 11 is 0. The summed E-state index contributed by atoms with van der Waals surface area (Å²) in [5, 5.41) is 3.02. The van der Waals surface area contributed by atoms with Gasteiger partial charge in [-0.3, -0.25) is 0 Å². The number of ether oxygens (including phenoxy) is 1. The average Bonchev–Trinajstić information content (AvgIpc) is 2.18. The van der Waals surface area contributed by atoms with Crippen LogP contribution in [0.4, 0.5) is 0 Å². The fourth-order valence-electron chi connectivity index (χ4n) is 1.41. The van der Waals surface area contributed by atoms with Crippen molar-refractivity contribution in [1.82, 2.24) is 15.3 Å². The number of nitrogens with zero attached hydrogens (tertiary/aromatic N) is 2. The highest BCUT2D eigenvalue weighted by Crippen LogP contribution is 2.12. The van der Waals surface area contributed by atoms with Gasteiger partial charge in [-0.15, -0.1) is 0 Å². The molecule has 4 nitrogen and oxygen atoms in total. The van der Waals surface area contributed by atoms with Gasteiger partial charge in [0, 0.05) is 6.20 Å². The lowest BCUT2D eigenvalue weighted by Gasteiger charge is -2.15. The molecule has 1 aliphatic heterocycles. The third-order valence-corrected chi connectivity index (χ3v) is 2.09. The molecule has 0 fully saturated rings. The molecule has 0 saturated carbocycles. The summed E-state index contributed by atoms with van der Waals surface area (Å²) in [4.78, 5) is 8.66. The van der Waals surface area contributed by atoms with Crippen LogP contribution in [-0.4, -0.2) is 23.6 Å². The number of nitrogens with one attached hydrogen (secondary N) is 1. The zero-order chi connectivity index (χ0) is 9.10. The minimum Gasteiger partial charge on any atom is -0.375 e. The van der Waals surface area contributed by atoms with Crippen LogP contribution in [0.1, 0.15) is 17.1 Å². The molecule has 2 rings (SSSR count). The van der Waals surface area contributed by atoms with Crippen LogP contribution in [0.15, 0.2) is 6.20 Å². The van der Waals surface area contributed by atoms with Crippen molar-refractivity contribution in [3.63, 3.8) is 0 Å². The van der Waals surface area contributed by atoms with Crippen molar-refractivity contribution in [1.29, 1.82) is 0 Å². The predicted octanol–water partition coefficient (Wildman–Crippen LogP) is 0.269. The van der Waals surface area contributed by atoms with Gasteiger partial charge in [-0.05, 0) is 19.0 Å². The minimum atomic E-state index is 0.633. The van der Waals surface area contributed by atoms with Crippen LogP contribution in [0.25, 0.3) is 0 Å². The van der Waals surface area contributed by atoms with E-state index in [1.54, 1.807) is 0 Å². The Morgan fingerprint density at radius 3 is 3.38 bits per heavy atom. The van der Waals surface area contributed by atoms with Crippen molar-refractivity contribution in [2.45, 2.75) is 19.6 Å². The second-order valence-corrected chi connectivity index (χ2v) is 3.09. The molecule has 4 heteroatoms. The first-order chi connectivity index (χ1) is 6.40. The largest absolute Gasteiger partial charge is 0.375 e. The normalized spacial score (nSPS) is 15.5. The molecular formula is C9H13N3O. The first-order valence-electron chi connectivity index (χ1n) is 4.46. The van der Waals surface area contributed by atoms with Gasteiger partial charge in [0.05, 0.1) is 25.5 Å². The smallest absolute Gasteiger partial charge is 0.142 e. The van der Waals surface area contributed by atoms with Crippen molar-refractivity contribution < 1.29 is 4.74 Å². The van der Waals surface area contributed by atoms with Crippen molar-refractivity contribution in [2.75, 3.05) is 13.7 Å². The van der Waals surface area contributed by atoms with Crippen molar-refractivity contribution in [3.8, 4) is 0 Å². The first kappa shape index (κ1) is 8.59. The molecule has 0 spiro atoms. The molecule has 0 unspecified atom stereocenters. The van der Waals surface area contributed by atoms with E-state index >= 15 is 0 Å². The van der Waals surface area contributed by atoms with Gasteiger partial charge >= 0.3 is 0 Å². The van der Waals surface area contributed by atoms with Gasteiger partial charge in [0.1, 0.15) is 5.82 Å². The second kappa shape index (κ2) is 3.81. The zero-order valence-electron chi connectivity index (χ0n) is 7.71. The molecule has 1 aliphatic rings. The van der Waals surface area contributed by atoms with Crippen LogP contribution in [0.2, 0.25) is 0 Å². The Bertz CT molecular complexity index is 301. The van der Waals surface area contributed by atoms with Gasteiger partial charge in [-0.2, -0.15) is 0 Å². The van der Waals surface area contributed by atoms with Crippen molar-refractivity contribution in [2.24, 2.45) is 0 Å². The molecule has 0 aliphatic carbocycles. The summed E-state index contributed by atoms with van der Waals surface area (Å²) in [6.07, 6.45) is 2.85. The number of fused-ring (bicyclic) bond motifs is 1. The van der Waals surface area contributed by atoms with Crippen molar-refractivity contribution >= 4 is 0 Å². The maximum Gasteiger partial charge on any atom is 0.142 e. The van der Waals surface area contributed by atoms with E-state index in [-0.39, 0.29) is 0 Å². The SMILES string of the molecule is CNCc1ncc2c(n1)COCC2. The van der Waals surface area contributed by atoms with E-state index in [0.717, 1.165) is 24.5 Å². The summed E-state index contributed by atoms with van der Waals surface area (Å²) in [6.45, 7) is 2.14. The number of rotatable bonds is 2. The van der Waals surface area contributed by atoms with Crippen LogP contribution < -0.4 is 5.32 Å². The lowest BCUT2D eigenvalue weighted by Crippen LogP contribution is -2.16. The summed E-state index contributed by atoms with van der Waals surface area (Å²) < 4.78 is 5.32. The molecule has 0 amide bonds. The molecule has 70 valence electrons. The monoisotopic (exact) mass is 179 g/mol. The molecule has 13 heavy (non-hydrogen) atoms. The van der Waals surface area contributed by atoms with E-state index in [1.807, 2.05) is 13.2 Å². The quantitative estimate of drug-likeness (QED) is 0.708. The lowest BCUT2D eigenvalue weighted by atomic mass is 10.1. The summed E-state index contributed by atoms with van der Waals surface area (Å²) in [7, 11) is 1.89. The zero-order valence-corrected chi connectivity index (χ0v) is 7.71. The van der Waals surface area contributed by atoms with Crippen LogP contribution in [0.5, 0.6) is 0 Å². The Morgan fingerprint density at radius 2 is 2.54 bits per heavy atom. The Hall–Kier alpha value is -1.00. The van der Waals surface area contributed by atoms with E-state index < -0.39 is 0 Å². The fourth-order valence-corrected chi connectivity index (χ4v) is 1.41. The van der Waals surface area contributed by atoms with Gasteiger partial charge in [0.2, 0.25) is 0 Å². The van der Waals surface area contributed by atoms with Crippen LogP contribution in [-0.2, 0) is 24.3 Å². The molecule has 0 saturated heterocycles. The molecule has 1 aromatic rings. The summed E-state index contributed by atoms with van der Waals surface area (Å²) in [5.41, 5.74) is 2.28. The van der Waals surface area contributed by atoms with Gasteiger partial charge in [-0.25, -0.2) is 9.97 Å². The van der Waals surface area contributed by atoms with E-state index in [1.165, 1.54) is 5.56 Å². The van der Waals surface area contributed by atoms with Crippen LogP contribution in [0.3, 0.4) is 0 Å². The Balaban J connectivity index is 2.24. The van der Waals surface area contributed by atoms with Crippen LogP contribution in [0, 0.1) is 0 Å². The molecule has 0 radical (unpaired) electrons. The maximum atomic E-state index is 5.32. The third-order valence-electron chi connectivity index (χ3n) is 2.09. The lowest BCUT2D eigenvalue weighted by molar-refractivity contribution is 0.107. The van der Waals surface area contributed by atoms with Gasteiger partial charge < -0.3 is 10.1 Å². The number of hydrogen-bond acceptors (Lipinski definition) is 4. The standard InChI is InChI=1S/C9H13N3O/c1-10-5-9-11-4-7-2-3-13-6-8(7)12-9/h4,10H,2-3,5-6H2,1H3. The minimum absolute atomic E-state index is 0.633. The highest BCUT2D eigenvalue weighted by Gasteiger charge is 2.11.